The number of hydrogen-bond acceptors (Lipinski definition) is 3. The van der Waals surface area contributed by atoms with Gasteiger partial charge in [0.05, 0.1) is 17.5 Å². The Labute approximate surface area is 102 Å². The number of hydrogen-bond donors (Lipinski definition) is 0. The van der Waals surface area contributed by atoms with Gasteiger partial charge in [0.2, 0.25) is 5.88 Å². The Morgan fingerprint density at radius 3 is 2.88 bits per heavy atom. The van der Waals surface area contributed by atoms with Crippen molar-refractivity contribution in [1.29, 1.82) is 0 Å². The lowest BCUT2D eigenvalue weighted by Crippen LogP contribution is -2.04. The Morgan fingerprint density at radius 2 is 2.06 bits per heavy atom. The summed E-state index contributed by atoms with van der Waals surface area (Å²) in [5, 5.41) is 0.985. The lowest BCUT2D eigenvalue weighted by molar-refractivity contribution is 0.275. The summed E-state index contributed by atoms with van der Waals surface area (Å²) in [5.41, 5.74) is 0.932. The molecule has 2 rings (SSSR count). The van der Waals surface area contributed by atoms with Crippen molar-refractivity contribution in [1.82, 2.24) is 9.97 Å². The molecule has 1 aromatic heterocycles. The predicted molar refractivity (Wildman–Crippen MR) is 69.1 cm³/mol. The van der Waals surface area contributed by atoms with Gasteiger partial charge in [0.25, 0.3) is 0 Å². The van der Waals surface area contributed by atoms with E-state index in [1.807, 2.05) is 24.3 Å². The molecule has 0 spiro atoms. The maximum atomic E-state index is 5.74. The van der Waals surface area contributed by atoms with Gasteiger partial charge < -0.3 is 4.74 Å². The molecule has 1 atom stereocenters. The molecule has 0 aliphatic carbocycles. The molecule has 1 aromatic carbocycles. The van der Waals surface area contributed by atoms with E-state index in [9.17, 15) is 0 Å². The first-order valence-corrected chi connectivity index (χ1v) is 6.13. The Bertz CT molecular complexity index is 479. The second-order valence-corrected chi connectivity index (χ2v) is 4.35. The van der Waals surface area contributed by atoms with E-state index in [1.54, 1.807) is 6.33 Å². The number of fused-ring (bicyclic) bond motifs is 1. The molecule has 3 nitrogen and oxygen atoms in total. The third-order valence-corrected chi connectivity index (χ3v) is 3.05. The Morgan fingerprint density at radius 1 is 1.24 bits per heavy atom. The monoisotopic (exact) mass is 230 g/mol. The molecular weight excluding hydrogens is 212 g/mol. The molecule has 2 aromatic rings. The van der Waals surface area contributed by atoms with E-state index in [-0.39, 0.29) is 0 Å². The maximum absolute atomic E-state index is 5.74. The number of benzene rings is 1. The highest BCUT2D eigenvalue weighted by molar-refractivity contribution is 5.82. The van der Waals surface area contributed by atoms with Crippen molar-refractivity contribution in [2.24, 2.45) is 5.92 Å². The van der Waals surface area contributed by atoms with Crippen LogP contribution in [-0.4, -0.2) is 16.6 Å². The zero-order chi connectivity index (χ0) is 12.1. The van der Waals surface area contributed by atoms with Crippen LogP contribution in [0, 0.1) is 5.92 Å². The van der Waals surface area contributed by atoms with Gasteiger partial charge in [0.15, 0.2) is 0 Å². The molecule has 0 bridgehead atoms. The molecule has 0 saturated heterocycles. The first-order valence-electron chi connectivity index (χ1n) is 6.13. The first kappa shape index (κ1) is 11.8. The van der Waals surface area contributed by atoms with Crippen molar-refractivity contribution in [3.63, 3.8) is 0 Å². The van der Waals surface area contributed by atoms with Gasteiger partial charge >= 0.3 is 0 Å². The van der Waals surface area contributed by atoms with Crippen LogP contribution in [-0.2, 0) is 0 Å². The van der Waals surface area contributed by atoms with Gasteiger partial charge in [0, 0.05) is 0 Å². The Balaban J connectivity index is 2.08. The van der Waals surface area contributed by atoms with Crippen LogP contribution in [0.1, 0.15) is 26.7 Å². The van der Waals surface area contributed by atoms with Gasteiger partial charge in [-0.2, -0.15) is 0 Å². The minimum absolute atomic E-state index is 0.693. The quantitative estimate of drug-likeness (QED) is 0.789. The maximum Gasteiger partial charge on any atom is 0.224 e. The minimum atomic E-state index is 0.693. The largest absolute Gasteiger partial charge is 0.477 e. The van der Waals surface area contributed by atoms with E-state index in [2.05, 4.69) is 23.8 Å². The summed E-state index contributed by atoms with van der Waals surface area (Å²) in [5.74, 6) is 1.39. The first-order chi connectivity index (χ1) is 8.31. The van der Waals surface area contributed by atoms with Crippen molar-refractivity contribution in [3.8, 4) is 5.88 Å². The van der Waals surface area contributed by atoms with Crippen LogP contribution in [0.3, 0.4) is 0 Å². The molecule has 0 saturated carbocycles. The molecule has 0 aliphatic heterocycles. The number of nitrogens with zero attached hydrogens (tertiary/aromatic N) is 2. The van der Waals surface area contributed by atoms with Crippen molar-refractivity contribution >= 4 is 10.9 Å². The van der Waals surface area contributed by atoms with E-state index in [0.29, 0.717) is 11.8 Å². The van der Waals surface area contributed by atoms with Crippen LogP contribution in [0.25, 0.3) is 10.9 Å². The van der Waals surface area contributed by atoms with Gasteiger partial charge in [-0.25, -0.2) is 9.97 Å². The summed E-state index contributed by atoms with van der Waals surface area (Å²) in [6, 6.07) is 7.91. The summed E-state index contributed by atoms with van der Waals surface area (Å²) in [6.45, 7) is 5.15. The van der Waals surface area contributed by atoms with Crippen molar-refractivity contribution in [3.05, 3.63) is 30.6 Å². The van der Waals surface area contributed by atoms with Crippen molar-refractivity contribution < 1.29 is 4.74 Å². The molecular formula is C14H18N2O. The highest BCUT2D eigenvalue weighted by atomic mass is 16.5. The predicted octanol–water partition coefficient (Wildman–Crippen LogP) is 3.44. The fourth-order valence-electron chi connectivity index (χ4n) is 1.66. The average molecular weight is 230 g/mol. The van der Waals surface area contributed by atoms with Crippen molar-refractivity contribution in [2.45, 2.75) is 26.7 Å². The normalized spacial score (nSPS) is 12.6. The average Bonchev–Trinajstić information content (AvgIpc) is 2.39. The molecule has 1 unspecified atom stereocenters. The second kappa shape index (κ2) is 5.62. The Kier molecular flexibility index (Phi) is 3.91. The van der Waals surface area contributed by atoms with Crippen LogP contribution in [0.2, 0.25) is 0 Å². The number of rotatable bonds is 5. The minimum Gasteiger partial charge on any atom is -0.477 e. The number of aromatic nitrogens is 2. The van der Waals surface area contributed by atoms with E-state index < -0.39 is 0 Å². The highest BCUT2D eigenvalue weighted by Crippen LogP contribution is 2.21. The molecule has 0 amide bonds. The van der Waals surface area contributed by atoms with Crippen LogP contribution >= 0.6 is 0 Å². The molecule has 0 N–H and O–H groups in total. The molecule has 1 heterocycles. The standard InChI is InChI=1S/C14H18N2O/c1-3-11(2)8-9-17-14-12-6-4-5-7-13(12)15-10-16-14/h4-7,10-11H,3,8-9H2,1-2H3. The molecule has 3 heteroatoms. The van der Waals surface area contributed by atoms with Gasteiger partial charge in [-0.05, 0) is 24.5 Å². The SMILES string of the molecule is CCC(C)CCOc1ncnc2ccccc12. The molecule has 0 fully saturated rings. The molecule has 0 aliphatic rings. The highest BCUT2D eigenvalue weighted by Gasteiger charge is 2.04. The number of ether oxygens (including phenoxy) is 1. The van der Waals surface area contributed by atoms with E-state index in [1.165, 1.54) is 6.42 Å². The third kappa shape index (κ3) is 2.93. The van der Waals surface area contributed by atoms with Crippen molar-refractivity contribution in [2.75, 3.05) is 6.61 Å². The van der Waals surface area contributed by atoms with E-state index in [4.69, 9.17) is 4.74 Å². The smallest absolute Gasteiger partial charge is 0.224 e. The summed E-state index contributed by atoms with van der Waals surface area (Å²) >= 11 is 0. The summed E-state index contributed by atoms with van der Waals surface area (Å²) in [6.07, 6.45) is 3.81. The molecule has 0 radical (unpaired) electrons. The zero-order valence-corrected chi connectivity index (χ0v) is 10.4. The zero-order valence-electron chi connectivity index (χ0n) is 10.4. The van der Waals surface area contributed by atoms with Gasteiger partial charge in [-0.15, -0.1) is 0 Å². The summed E-state index contributed by atoms with van der Waals surface area (Å²) in [4.78, 5) is 8.41. The third-order valence-electron chi connectivity index (χ3n) is 3.05. The van der Waals surface area contributed by atoms with Crippen LogP contribution in [0.15, 0.2) is 30.6 Å². The van der Waals surface area contributed by atoms with Gasteiger partial charge in [-0.3, -0.25) is 0 Å². The van der Waals surface area contributed by atoms with Gasteiger partial charge in [0.1, 0.15) is 6.33 Å². The second-order valence-electron chi connectivity index (χ2n) is 4.35. The van der Waals surface area contributed by atoms with Gasteiger partial charge in [-0.1, -0.05) is 32.4 Å². The van der Waals surface area contributed by atoms with Crippen LogP contribution in [0.5, 0.6) is 5.88 Å². The van der Waals surface area contributed by atoms with Crippen LogP contribution < -0.4 is 4.74 Å². The topological polar surface area (TPSA) is 35.0 Å². The summed E-state index contributed by atoms with van der Waals surface area (Å²) in [7, 11) is 0. The molecule has 90 valence electrons. The molecule has 17 heavy (non-hydrogen) atoms. The van der Waals surface area contributed by atoms with E-state index in [0.717, 1.165) is 23.9 Å². The summed E-state index contributed by atoms with van der Waals surface area (Å²) < 4.78 is 5.74. The fourth-order valence-corrected chi connectivity index (χ4v) is 1.66. The fraction of sp³-hybridized carbons (Fsp3) is 0.429. The lowest BCUT2D eigenvalue weighted by atomic mass is 10.1. The number of para-hydroxylation sites is 1. The Hall–Kier alpha value is -1.64. The van der Waals surface area contributed by atoms with Crippen LogP contribution in [0.4, 0.5) is 0 Å². The van der Waals surface area contributed by atoms with E-state index >= 15 is 0 Å². The lowest BCUT2D eigenvalue weighted by Gasteiger charge is -2.10.